The minimum atomic E-state index is -0.248. The topological polar surface area (TPSA) is 90.0 Å². The van der Waals surface area contributed by atoms with Crippen LogP contribution in [0.25, 0.3) is 0 Å². The Hall–Kier alpha value is -2.15. The van der Waals surface area contributed by atoms with Gasteiger partial charge in [-0.3, -0.25) is 5.10 Å². The highest BCUT2D eigenvalue weighted by molar-refractivity contribution is 5.43. The van der Waals surface area contributed by atoms with Crippen LogP contribution in [0, 0.1) is 0 Å². The molecule has 128 valence electrons. The molecule has 0 aromatic carbocycles. The average Bonchev–Trinajstić information content (AvgIpc) is 3.22. The van der Waals surface area contributed by atoms with Crippen LogP contribution in [-0.2, 0) is 19.3 Å². The van der Waals surface area contributed by atoms with Gasteiger partial charge in [0.25, 0.3) is 0 Å². The summed E-state index contributed by atoms with van der Waals surface area (Å²) in [7, 11) is 0. The zero-order chi connectivity index (χ0) is 16.4. The SMILES string of the molecule is O[C@@H]1CCN(c2ccnc(NCCc3n[nH]c4c3CCCC4)n2)C1. The third-order valence-corrected chi connectivity index (χ3v) is 4.92. The molecule has 0 spiro atoms. The molecule has 0 bridgehead atoms. The molecule has 2 aromatic heterocycles. The van der Waals surface area contributed by atoms with Gasteiger partial charge in [-0.25, -0.2) is 4.98 Å². The number of H-pyrrole nitrogens is 1. The van der Waals surface area contributed by atoms with E-state index in [0.29, 0.717) is 12.5 Å². The first-order valence-corrected chi connectivity index (χ1v) is 8.84. The van der Waals surface area contributed by atoms with Gasteiger partial charge in [0, 0.05) is 37.9 Å². The molecule has 3 N–H and O–H groups in total. The second kappa shape index (κ2) is 6.76. The third kappa shape index (κ3) is 3.21. The summed E-state index contributed by atoms with van der Waals surface area (Å²) in [5, 5.41) is 20.6. The van der Waals surface area contributed by atoms with E-state index in [1.165, 1.54) is 29.8 Å². The second-order valence-corrected chi connectivity index (χ2v) is 6.64. The number of rotatable bonds is 5. The Morgan fingerprint density at radius 3 is 3.12 bits per heavy atom. The number of hydrogen-bond donors (Lipinski definition) is 3. The second-order valence-electron chi connectivity index (χ2n) is 6.64. The number of aliphatic hydroxyl groups excluding tert-OH is 1. The summed E-state index contributed by atoms with van der Waals surface area (Å²) in [5.74, 6) is 1.51. The lowest BCUT2D eigenvalue weighted by molar-refractivity contribution is 0.198. The van der Waals surface area contributed by atoms with Crippen molar-refractivity contribution >= 4 is 11.8 Å². The lowest BCUT2D eigenvalue weighted by atomic mass is 9.95. The normalized spacial score (nSPS) is 20.2. The predicted molar refractivity (Wildman–Crippen MR) is 92.3 cm³/mol. The van der Waals surface area contributed by atoms with Gasteiger partial charge in [-0.05, 0) is 43.7 Å². The number of aromatic nitrogens is 4. The quantitative estimate of drug-likeness (QED) is 0.767. The average molecular weight is 328 g/mol. The minimum absolute atomic E-state index is 0.248. The van der Waals surface area contributed by atoms with Crippen LogP contribution in [-0.4, -0.2) is 51.0 Å². The van der Waals surface area contributed by atoms with E-state index in [1.807, 2.05) is 6.07 Å². The maximum absolute atomic E-state index is 9.66. The summed E-state index contributed by atoms with van der Waals surface area (Å²) in [6.45, 7) is 2.26. The monoisotopic (exact) mass is 328 g/mol. The van der Waals surface area contributed by atoms with E-state index in [9.17, 15) is 5.11 Å². The van der Waals surface area contributed by atoms with Crippen LogP contribution >= 0.6 is 0 Å². The van der Waals surface area contributed by atoms with Crippen molar-refractivity contribution in [2.24, 2.45) is 0 Å². The van der Waals surface area contributed by atoms with E-state index in [2.05, 4.69) is 30.4 Å². The fourth-order valence-electron chi connectivity index (χ4n) is 3.61. The minimum Gasteiger partial charge on any atom is -0.391 e. The first-order valence-electron chi connectivity index (χ1n) is 8.84. The van der Waals surface area contributed by atoms with Crippen LogP contribution in [0.15, 0.2) is 12.3 Å². The number of fused-ring (bicyclic) bond motifs is 1. The van der Waals surface area contributed by atoms with Crippen LogP contribution in [0.4, 0.5) is 11.8 Å². The van der Waals surface area contributed by atoms with Crippen molar-refractivity contribution in [3.05, 3.63) is 29.2 Å². The number of anilines is 2. The molecule has 3 heterocycles. The van der Waals surface area contributed by atoms with Gasteiger partial charge in [0.05, 0.1) is 11.8 Å². The van der Waals surface area contributed by atoms with E-state index in [4.69, 9.17) is 0 Å². The summed E-state index contributed by atoms with van der Waals surface area (Å²) in [6, 6.07) is 1.90. The van der Waals surface area contributed by atoms with Gasteiger partial charge in [-0.2, -0.15) is 10.1 Å². The molecular weight excluding hydrogens is 304 g/mol. The van der Waals surface area contributed by atoms with E-state index < -0.39 is 0 Å². The fraction of sp³-hybridized carbons (Fsp3) is 0.588. The molecule has 2 aliphatic rings. The van der Waals surface area contributed by atoms with Crippen molar-refractivity contribution in [2.45, 2.75) is 44.6 Å². The summed E-state index contributed by atoms with van der Waals surface area (Å²) >= 11 is 0. The Morgan fingerprint density at radius 2 is 2.25 bits per heavy atom. The van der Waals surface area contributed by atoms with Gasteiger partial charge in [0.15, 0.2) is 0 Å². The molecule has 1 saturated heterocycles. The van der Waals surface area contributed by atoms with Gasteiger partial charge in [0.1, 0.15) is 5.82 Å². The largest absolute Gasteiger partial charge is 0.391 e. The number of aryl methyl sites for hydroxylation is 1. The molecule has 1 aliphatic carbocycles. The highest BCUT2D eigenvalue weighted by Crippen LogP contribution is 2.22. The van der Waals surface area contributed by atoms with Crippen molar-refractivity contribution in [2.75, 3.05) is 29.9 Å². The molecule has 2 aromatic rings. The molecule has 1 aliphatic heterocycles. The molecule has 0 saturated carbocycles. The molecular formula is C17H24N6O. The smallest absolute Gasteiger partial charge is 0.224 e. The van der Waals surface area contributed by atoms with Crippen molar-refractivity contribution in [3.8, 4) is 0 Å². The molecule has 4 rings (SSSR count). The Kier molecular flexibility index (Phi) is 4.34. The number of nitrogens with zero attached hydrogens (tertiary/aromatic N) is 4. The first kappa shape index (κ1) is 15.4. The van der Waals surface area contributed by atoms with Crippen molar-refractivity contribution < 1.29 is 5.11 Å². The van der Waals surface area contributed by atoms with E-state index in [1.54, 1.807) is 6.20 Å². The lowest BCUT2D eigenvalue weighted by Gasteiger charge is -2.17. The molecule has 0 amide bonds. The molecule has 7 nitrogen and oxygen atoms in total. The number of β-amino-alcohol motifs (C(OH)–C–C–N with tert-alkyl or cyclic N) is 1. The predicted octanol–water partition coefficient (Wildman–Crippen LogP) is 1.30. The molecule has 0 unspecified atom stereocenters. The molecule has 1 atom stereocenters. The Bertz CT molecular complexity index is 700. The van der Waals surface area contributed by atoms with Gasteiger partial charge >= 0.3 is 0 Å². The first-order chi connectivity index (χ1) is 11.8. The van der Waals surface area contributed by atoms with E-state index >= 15 is 0 Å². The molecule has 1 fully saturated rings. The standard InChI is InChI=1S/C17H24N6O/c24-12-7-10-23(11-12)16-6-9-19-17(20-16)18-8-5-15-13-3-1-2-4-14(13)21-22-15/h6,9,12,24H,1-5,7-8,10-11H2,(H,21,22)(H,18,19,20)/t12-/m1/s1. The van der Waals surface area contributed by atoms with Crippen LogP contribution < -0.4 is 10.2 Å². The van der Waals surface area contributed by atoms with Crippen LogP contribution in [0.2, 0.25) is 0 Å². The number of aromatic amines is 1. The van der Waals surface area contributed by atoms with Crippen LogP contribution in [0.5, 0.6) is 0 Å². The van der Waals surface area contributed by atoms with Crippen LogP contribution in [0.3, 0.4) is 0 Å². The van der Waals surface area contributed by atoms with Gasteiger partial charge < -0.3 is 15.3 Å². The molecule has 24 heavy (non-hydrogen) atoms. The summed E-state index contributed by atoms with van der Waals surface area (Å²) in [4.78, 5) is 11.0. The van der Waals surface area contributed by atoms with Gasteiger partial charge in [0.2, 0.25) is 5.95 Å². The lowest BCUT2D eigenvalue weighted by Crippen LogP contribution is -2.22. The summed E-state index contributed by atoms with van der Waals surface area (Å²) < 4.78 is 0. The third-order valence-electron chi connectivity index (χ3n) is 4.92. The molecule has 0 radical (unpaired) electrons. The Balaban J connectivity index is 1.35. The zero-order valence-corrected chi connectivity index (χ0v) is 13.8. The van der Waals surface area contributed by atoms with E-state index in [0.717, 1.165) is 44.6 Å². The Morgan fingerprint density at radius 1 is 1.33 bits per heavy atom. The van der Waals surface area contributed by atoms with Crippen LogP contribution in [0.1, 0.15) is 36.2 Å². The van der Waals surface area contributed by atoms with Gasteiger partial charge in [-0.1, -0.05) is 0 Å². The zero-order valence-electron chi connectivity index (χ0n) is 13.8. The summed E-state index contributed by atoms with van der Waals surface area (Å²) in [5.41, 5.74) is 3.92. The maximum Gasteiger partial charge on any atom is 0.224 e. The van der Waals surface area contributed by atoms with Crippen molar-refractivity contribution in [3.63, 3.8) is 0 Å². The maximum atomic E-state index is 9.66. The Labute approximate surface area is 141 Å². The highest BCUT2D eigenvalue weighted by Gasteiger charge is 2.21. The number of nitrogens with one attached hydrogen (secondary N) is 2. The van der Waals surface area contributed by atoms with Crippen molar-refractivity contribution in [1.29, 1.82) is 0 Å². The number of aliphatic hydroxyl groups is 1. The highest BCUT2D eigenvalue weighted by atomic mass is 16.3. The van der Waals surface area contributed by atoms with Gasteiger partial charge in [-0.15, -0.1) is 0 Å². The van der Waals surface area contributed by atoms with E-state index in [-0.39, 0.29) is 6.10 Å². The van der Waals surface area contributed by atoms with Crippen molar-refractivity contribution in [1.82, 2.24) is 20.2 Å². The fourth-order valence-corrected chi connectivity index (χ4v) is 3.61. The number of hydrogen-bond acceptors (Lipinski definition) is 6. The molecule has 7 heteroatoms. The summed E-state index contributed by atoms with van der Waals surface area (Å²) in [6.07, 6.45) is 8.00.